The minimum atomic E-state index is -3.89. The molecule has 1 aromatic heterocycles. The number of nitrogens with one attached hydrogen (secondary N) is 1. The van der Waals surface area contributed by atoms with Gasteiger partial charge in [0.05, 0.1) is 29.6 Å². The third kappa shape index (κ3) is 5.77. The van der Waals surface area contributed by atoms with E-state index in [-0.39, 0.29) is 29.5 Å². The molecule has 4 rings (SSSR count). The molecule has 1 fully saturated rings. The number of methoxy groups -OCH3 is 1. The molecule has 0 aliphatic carbocycles. The Balaban J connectivity index is 1.51. The summed E-state index contributed by atoms with van der Waals surface area (Å²) in [6.45, 7) is 5.60. The first-order chi connectivity index (χ1) is 18.1. The first-order valence-corrected chi connectivity index (χ1v) is 13.8. The number of carbonyl (C=O) groups excluding carboxylic acids is 2. The van der Waals surface area contributed by atoms with Gasteiger partial charge < -0.3 is 15.8 Å². The lowest BCUT2D eigenvalue weighted by Crippen LogP contribution is -2.48. The van der Waals surface area contributed by atoms with E-state index in [1.165, 1.54) is 23.5 Å². The van der Waals surface area contributed by atoms with E-state index >= 15 is 0 Å². The molecule has 1 atom stereocenters. The molecule has 1 aliphatic heterocycles. The van der Waals surface area contributed by atoms with Gasteiger partial charge in [-0.3, -0.25) is 9.69 Å². The number of piperazine rings is 1. The maximum atomic E-state index is 13.3. The number of para-hydroxylation sites is 1. The number of esters is 1. The molecule has 0 spiro atoms. The predicted molar refractivity (Wildman–Crippen MR) is 143 cm³/mol. The van der Waals surface area contributed by atoms with Gasteiger partial charge in [0.1, 0.15) is 17.7 Å². The molecule has 0 unspecified atom stereocenters. The van der Waals surface area contributed by atoms with Crippen LogP contribution in [-0.4, -0.2) is 78.8 Å². The maximum absolute atomic E-state index is 13.3. The van der Waals surface area contributed by atoms with Crippen LogP contribution in [-0.2, 0) is 26.1 Å². The zero-order chi connectivity index (χ0) is 27.4. The van der Waals surface area contributed by atoms with Gasteiger partial charge in [0.2, 0.25) is 15.9 Å². The molecule has 0 radical (unpaired) electrons. The van der Waals surface area contributed by atoms with E-state index in [2.05, 4.69) is 10.2 Å². The van der Waals surface area contributed by atoms with E-state index in [1.54, 1.807) is 12.1 Å². The van der Waals surface area contributed by atoms with Crippen molar-refractivity contribution in [2.75, 3.05) is 38.6 Å². The summed E-state index contributed by atoms with van der Waals surface area (Å²) in [6.07, 6.45) is 0. The van der Waals surface area contributed by atoms with Crippen molar-refractivity contribution in [2.45, 2.75) is 31.3 Å². The average Bonchev–Trinajstić information content (AvgIpc) is 2.91. The highest BCUT2D eigenvalue weighted by atomic mass is 32.2. The number of rotatable bonds is 9. The van der Waals surface area contributed by atoms with E-state index in [4.69, 9.17) is 20.4 Å². The summed E-state index contributed by atoms with van der Waals surface area (Å²) in [6, 6.07) is 13.0. The number of anilines is 1. The first kappa shape index (κ1) is 27.4. The van der Waals surface area contributed by atoms with E-state index < -0.39 is 27.9 Å². The molecule has 2 heterocycles. The fourth-order valence-corrected chi connectivity index (χ4v) is 6.06. The molecule has 202 valence electrons. The molecular weight excluding hydrogens is 508 g/mol. The molecule has 1 amide bonds. The van der Waals surface area contributed by atoms with Crippen LogP contribution in [0.2, 0.25) is 0 Å². The van der Waals surface area contributed by atoms with Crippen molar-refractivity contribution < 1.29 is 22.7 Å². The summed E-state index contributed by atoms with van der Waals surface area (Å²) in [7, 11) is -2.67. The smallest absolute Gasteiger partial charge is 0.339 e. The quantitative estimate of drug-likeness (QED) is 0.388. The lowest BCUT2D eigenvalue weighted by molar-refractivity contribution is -0.119. The van der Waals surface area contributed by atoms with Gasteiger partial charge in [-0.2, -0.15) is 4.31 Å². The number of fused-ring (bicyclic) bond motifs is 1. The van der Waals surface area contributed by atoms with Crippen molar-refractivity contribution in [3.05, 3.63) is 59.9 Å². The van der Waals surface area contributed by atoms with Gasteiger partial charge in [-0.25, -0.2) is 23.2 Å². The summed E-state index contributed by atoms with van der Waals surface area (Å²) < 4.78 is 32.8. The standard InChI is InChI=1S/C26H32N6O5S/c1-17(2)23(24(27)33)30-25-18-8-4-6-10-20(18)28-22(29-25)16-31-12-14-32(15-13-31)38(35,36)21-11-7-5-9-19(21)26(34)37-3/h4-11,17,23H,12-16H2,1-3H3,(H2,27,33)(H,28,29,30)/t23-/m0/s1. The fraction of sp³-hybridized carbons (Fsp3) is 0.385. The largest absolute Gasteiger partial charge is 0.465 e. The molecule has 0 saturated carbocycles. The molecule has 11 nitrogen and oxygen atoms in total. The minimum absolute atomic E-state index is 0.0117. The molecule has 38 heavy (non-hydrogen) atoms. The molecule has 3 N–H and O–H groups in total. The van der Waals surface area contributed by atoms with Gasteiger partial charge in [-0.05, 0) is 30.2 Å². The summed E-state index contributed by atoms with van der Waals surface area (Å²) in [5.41, 5.74) is 6.35. The topological polar surface area (TPSA) is 148 Å². The molecule has 3 aromatic rings. The van der Waals surface area contributed by atoms with Crippen LogP contribution in [0.1, 0.15) is 30.0 Å². The monoisotopic (exact) mass is 540 g/mol. The number of nitrogens with two attached hydrogens (primary N) is 1. The van der Waals surface area contributed by atoms with Crippen molar-refractivity contribution in [1.82, 2.24) is 19.2 Å². The Kier molecular flexibility index (Phi) is 8.24. The third-order valence-corrected chi connectivity index (χ3v) is 8.48. The van der Waals surface area contributed by atoms with Crippen LogP contribution in [0, 0.1) is 5.92 Å². The van der Waals surface area contributed by atoms with E-state index in [9.17, 15) is 18.0 Å². The first-order valence-electron chi connectivity index (χ1n) is 12.3. The normalized spacial score (nSPS) is 15.9. The molecular formula is C26H32N6O5S. The second-order valence-corrected chi connectivity index (χ2v) is 11.3. The molecule has 2 aromatic carbocycles. The van der Waals surface area contributed by atoms with Crippen LogP contribution >= 0.6 is 0 Å². The van der Waals surface area contributed by atoms with Crippen LogP contribution in [0.25, 0.3) is 10.9 Å². The number of amides is 1. The van der Waals surface area contributed by atoms with E-state index in [1.807, 2.05) is 38.1 Å². The second kappa shape index (κ2) is 11.4. The summed E-state index contributed by atoms with van der Waals surface area (Å²) in [4.78, 5) is 35.5. The van der Waals surface area contributed by atoms with Gasteiger partial charge >= 0.3 is 5.97 Å². The third-order valence-electron chi connectivity index (χ3n) is 6.52. The maximum Gasteiger partial charge on any atom is 0.339 e. The van der Waals surface area contributed by atoms with Crippen molar-refractivity contribution in [3.8, 4) is 0 Å². The Hall–Kier alpha value is -3.61. The van der Waals surface area contributed by atoms with Gasteiger partial charge in [0.25, 0.3) is 0 Å². The zero-order valence-electron chi connectivity index (χ0n) is 21.6. The summed E-state index contributed by atoms with van der Waals surface area (Å²) in [5, 5.41) is 3.97. The number of hydrogen-bond acceptors (Lipinski definition) is 9. The number of nitrogens with zero attached hydrogens (tertiary/aromatic N) is 4. The van der Waals surface area contributed by atoms with Crippen molar-refractivity contribution in [1.29, 1.82) is 0 Å². The van der Waals surface area contributed by atoms with Gasteiger partial charge in [0.15, 0.2) is 0 Å². The number of carbonyl (C=O) groups is 2. The van der Waals surface area contributed by atoms with Crippen LogP contribution in [0.4, 0.5) is 5.82 Å². The lowest BCUT2D eigenvalue weighted by Gasteiger charge is -2.33. The molecule has 1 aliphatic rings. The molecule has 0 bridgehead atoms. The van der Waals surface area contributed by atoms with Crippen LogP contribution in [0.5, 0.6) is 0 Å². The molecule has 1 saturated heterocycles. The Morgan fingerprint density at radius 3 is 2.34 bits per heavy atom. The molecule has 12 heteroatoms. The highest BCUT2D eigenvalue weighted by Crippen LogP contribution is 2.25. The van der Waals surface area contributed by atoms with Gasteiger partial charge in [-0.15, -0.1) is 0 Å². The number of primary amides is 1. The number of benzene rings is 2. The highest BCUT2D eigenvalue weighted by molar-refractivity contribution is 7.89. The fourth-order valence-electron chi connectivity index (χ4n) is 4.46. The van der Waals surface area contributed by atoms with Crippen LogP contribution < -0.4 is 11.1 Å². The Labute approximate surface area is 222 Å². The predicted octanol–water partition coefficient (Wildman–Crippen LogP) is 1.84. The van der Waals surface area contributed by atoms with Crippen molar-refractivity contribution in [3.63, 3.8) is 0 Å². The van der Waals surface area contributed by atoms with E-state index in [0.717, 1.165) is 10.9 Å². The number of sulfonamides is 1. The van der Waals surface area contributed by atoms with Gasteiger partial charge in [-0.1, -0.05) is 38.1 Å². The number of hydrogen-bond donors (Lipinski definition) is 2. The highest BCUT2D eigenvalue weighted by Gasteiger charge is 2.32. The van der Waals surface area contributed by atoms with Crippen molar-refractivity contribution >= 4 is 38.6 Å². The summed E-state index contributed by atoms with van der Waals surface area (Å²) in [5.74, 6) is -0.120. The Bertz CT molecular complexity index is 1440. The van der Waals surface area contributed by atoms with Crippen LogP contribution in [0.15, 0.2) is 53.4 Å². The Morgan fingerprint density at radius 1 is 1.03 bits per heavy atom. The zero-order valence-corrected chi connectivity index (χ0v) is 22.4. The average molecular weight is 541 g/mol. The second-order valence-electron chi connectivity index (χ2n) is 9.44. The number of ether oxygens (including phenoxy) is 1. The Morgan fingerprint density at radius 2 is 1.68 bits per heavy atom. The SMILES string of the molecule is COC(=O)c1ccccc1S(=O)(=O)N1CCN(Cc2nc(N[C@H](C(N)=O)C(C)C)c3ccccc3n2)CC1. The van der Waals surface area contributed by atoms with Crippen molar-refractivity contribution in [2.24, 2.45) is 11.7 Å². The van der Waals surface area contributed by atoms with E-state index in [0.29, 0.717) is 31.3 Å². The van der Waals surface area contributed by atoms with Crippen LogP contribution in [0.3, 0.4) is 0 Å². The lowest BCUT2D eigenvalue weighted by atomic mass is 10.0. The number of aromatic nitrogens is 2. The van der Waals surface area contributed by atoms with Gasteiger partial charge in [0, 0.05) is 31.6 Å². The minimum Gasteiger partial charge on any atom is -0.465 e. The summed E-state index contributed by atoms with van der Waals surface area (Å²) >= 11 is 0.